The van der Waals surface area contributed by atoms with E-state index < -0.39 is 0 Å². The summed E-state index contributed by atoms with van der Waals surface area (Å²) in [5.74, 6) is 1.57. The van der Waals surface area contributed by atoms with E-state index in [0.717, 1.165) is 30.7 Å². The lowest BCUT2D eigenvalue weighted by Crippen LogP contribution is -2.09. The zero-order valence-corrected chi connectivity index (χ0v) is 15.4. The number of aryl methyl sites for hydroxylation is 2. The summed E-state index contributed by atoms with van der Waals surface area (Å²) in [5, 5.41) is 15.1. The van der Waals surface area contributed by atoms with Crippen molar-refractivity contribution in [2.45, 2.75) is 46.4 Å². The van der Waals surface area contributed by atoms with Gasteiger partial charge in [-0.05, 0) is 47.0 Å². The molecule has 6 heteroatoms. The fourth-order valence-corrected chi connectivity index (χ4v) is 2.53. The molecule has 0 bridgehead atoms. The van der Waals surface area contributed by atoms with E-state index in [1.807, 2.05) is 16.8 Å². The number of rotatable bonds is 9. The van der Waals surface area contributed by atoms with Crippen LogP contribution in [0.5, 0.6) is 5.75 Å². The molecule has 0 amide bonds. The Morgan fingerprint density at radius 2 is 1.73 bits per heavy atom. The van der Waals surface area contributed by atoms with Crippen LogP contribution in [0.15, 0.2) is 48.5 Å². The molecule has 3 rings (SSSR count). The van der Waals surface area contributed by atoms with Crippen LogP contribution in [0.4, 0.5) is 5.95 Å². The average molecular weight is 351 g/mol. The van der Waals surface area contributed by atoms with Crippen LogP contribution >= 0.6 is 0 Å². The number of benzene rings is 2. The molecule has 0 spiro atoms. The van der Waals surface area contributed by atoms with E-state index in [-0.39, 0.29) is 0 Å². The van der Waals surface area contributed by atoms with Gasteiger partial charge in [-0.15, -0.1) is 0 Å². The molecule has 0 radical (unpaired) electrons. The average Bonchev–Trinajstić information content (AvgIpc) is 3.12. The van der Waals surface area contributed by atoms with Crippen LogP contribution in [0.1, 0.15) is 36.5 Å². The van der Waals surface area contributed by atoms with Gasteiger partial charge in [-0.2, -0.15) is 0 Å². The molecule has 0 saturated carbocycles. The molecular formula is C20H25N5O. The van der Waals surface area contributed by atoms with Crippen molar-refractivity contribution in [3.05, 3.63) is 65.2 Å². The Morgan fingerprint density at radius 1 is 1.00 bits per heavy atom. The maximum absolute atomic E-state index is 5.84. The molecule has 0 fully saturated rings. The highest BCUT2D eigenvalue weighted by Crippen LogP contribution is 2.15. The number of tetrazole rings is 1. The summed E-state index contributed by atoms with van der Waals surface area (Å²) < 4.78 is 7.65. The van der Waals surface area contributed by atoms with Gasteiger partial charge in [-0.3, -0.25) is 0 Å². The predicted molar refractivity (Wildman–Crippen MR) is 102 cm³/mol. The van der Waals surface area contributed by atoms with Gasteiger partial charge < -0.3 is 10.1 Å². The first-order valence-corrected chi connectivity index (χ1v) is 9.02. The van der Waals surface area contributed by atoms with Crippen molar-refractivity contribution in [2.24, 2.45) is 0 Å². The normalized spacial score (nSPS) is 10.7. The van der Waals surface area contributed by atoms with E-state index in [0.29, 0.717) is 19.1 Å². The Bertz CT molecular complexity index is 796. The summed E-state index contributed by atoms with van der Waals surface area (Å²) in [4.78, 5) is 0. The van der Waals surface area contributed by atoms with Gasteiger partial charge in [0.25, 0.3) is 0 Å². The molecule has 1 heterocycles. The Hall–Kier alpha value is -2.89. The molecule has 6 nitrogen and oxygen atoms in total. The smallest absolute Gasteiger partial charge is 0.243 e. The van der Waals surface area contributed by atoms with Crippen LogP contribution in [-0.4, -0.2) is 20.2 Å². The minimum atomic E-state index is 0.573. The zero-order chi connectivity index (χ0) is 18.2. The maximum atomic E-state index is 5.84. The highest BCUT2D eigenvalue weighted by Gasteiger charge is 2.05. The molecule has 1 N–H and O–H groups in total. The first kappa shape index (κ1) is 17.9. The van der Waals surface area contributed by atoms with Gasteiger partial charge in [0, 0.05) is 13.1 Å². The zero-order valence-electron chi connectivity index (χ0n) is 15.4. The van der Waals surface area contributed by atoms with E-state index in [2.05, 4.69) is 71.1 Å². The molecule has 0 atom stereocenters. The van der Waals surface area contributed by atoms with Crippen molar-refractivity contribution in [3.63, 3.8) is 0 Å². The first-order valence-electron chi connectivity index (χ1n) is 9.02. The van der Waals surface area contributed by atoms with Gasteiger partial charge in [0.2, 0.25) is 5.95 Å². The molecule has 0 saturated heterocycles. The topological polar surface area (TPSA) is 64.9 Å². The van der Waals surface area contributed by atoms with E-state index in [4.69, 9.17) is 4.74 Å². The highest BCUT2D eigenvalue weighted by atomic mass is 16.5. The lowest BCUT2D eigenvalue weighted by Gasteiger charge is -2.09. The molecule has 3 aromatic rings. The second kappa shape index (κ2) is 8.99. The van der Waals surface area contributed by atoms with Gasteiger partial charge >= 0.3 is 0 Å². The van der Waals surface area contributed by atoms with Crippen LogP contribution in [0, 0.1) is 6.92 Å². The minimum absolute atomic E-state index is 0.573. The summed E-state index contributed by atoms with van der Waals surface area (Å²) in [6, 6.07) is 16.5. The summed E-state index contributed by atoms with van der Waals surface area (Å²) in [7, 11) is 0. The Balaban J connectivity index is 1.50. The third-order valence-corrected chi connectivity index (χ3v) is 4.16. The molecule has 2 aromatic carbocycles. The van der Waals surface area contributed by atoms with Crippen molar-refractivity contribution >= 4 is 5.95 Å². The summed E-state index contributed by atoms with van der Waals surface area (Å²) in [6.45, 7) is 6.31. The van der Waals surface area contributed by atoms with E-state index in [1.165, 1.54) is 11.1 Å². The fourth-order valence-electron chi connectivity index (χ4n) is 2.53. The first-order chi connectivity index (χ1) is 12.7. The van der Waals surface area contributed by atoms with Crippen molar-refractivity contribution in [3.8, 4) is 5.75 Å². The van der Waals surface area contributed by atoms with Crippen LogP contribution in [0.25, 0.3) is 0 Å². The quantitative estimate of drug-likeness (QED) is 0.632. The number of ether oxygens (including phenoxy) is 1. The van der Waals surface area contributed by atoms with Crippen LogP contribution in [-0.2, 0) is 19.7 Å². The second-order valence-electron chi connectivity index (χ2n) is 6.35. The van der Waals surface area contributed by atoms with Gasteiger partial charge in [0.1, 0.15) is 12.4 Å². The van der Waals surface area contributed by atoms with Crippen molar-refractivity contribution in [2.75, 3.05) is 5.32 Å². The number of unbranched alkanes of at least 4 members (excludes halogenated alkanes) is 1. The number of aromatic nitrogens is 4. The Morgan fingerprint density at radius 3 is 2.46 bits per heavy atom. The standard InChI is InChI=1S/C20H25N5O/c1-3-4-13-25-20(22-23-24-25)21-14-17-9-11-19(12-10-17)26-15-18-7-5-16(2)6-8-18/h5-12H,3-4,13-15H2,1-2H3,(H,21,22,24). The lowest BCUT2D eigenvalue weighted by atomic mass is 10.2. The summed E-state index contributed by atoms with van der Waals surface area (Å²) in [6.07, 6.45) is 2.18. The predicted octanol–water partition coefficient (Wildman–Crippen LogP) is 3.97. The van der Waals surface area contributed by atoms with Gasteiger partial charge in [0.15, 0.2) is 0 Å². The van der Waals surface area contributed by atoms with Crippen LogP contribution in [0.2, 0.25) is 0 Å². The van der Waals surface area contributed by atoms with Crippen LogP contribution in [0.3, 0.4) is 0 Å². The monoisotopic (exact) mass is 351 g/mol. The molecule has 0 unspecified atom stereocenters. The number of hydrogen-bond acceptors (Lipinski definition) is 5. The second-order valence-corrected chi connectivity index (χ2v) is 6.35. The van der Waals surface area contributed by atoms with Gasteiger partial charge in [0.05, 0.1) is 0 Å². The molecule has 0 aliphatic heterocycles. The largest absolute Gasteiger partial charge is 0.489 e. The third kappa shape index (κ3) is 5.05. The Labute approximate surface area is 154 Å². The summed E-state index contributed by atoms with van der Waals surface area (Å²) >= 11 is 0. The summed E-state index contributed by atoms with van der Waals surface area (Å²) in [5.41, 5.74) is 3.57. The lowest BCUT2D eigenvalue weighted by molar-refractivity contribution is 0.306. The third-order valence-electron chi connectivity index (χ3n) is 4.16. The minimum Gasteiger partial charge on any atom is -0.489 e. The number of anilines is 1. The fraction of sp³-hybridized carbons (Fsp3) is 0.350. The molecular weight excluding hydrogens is 326 g/mol. The van der Waals surface area contributed by atoms with Crippen molar-refractivity contribution in [1.82, 2.24) is 20.2 Å². The highest BCUT2D eigenvalue weighted by molar-refractivity contribution is 5.31. The number of nitrogens with zero attached hydrogens (tertiary/aromatic N) is 4. The van der Waals surface area contributed by atoms with E-state index >= 15 is 0 Å². The number of hydrogen-bond donors (Lipinski definition) is 1. The van der Waals surface area contributed by atoms with E-state index in [9.17, 15) is 0 Å². The molecule has 136 valence electrons. The molecule has 26 heavy (non-hydrogen) atoms. The maximum Gasteiger partial charge on any atom is 0.243 e. The molecule has 0 aliphatic carbocycles. The van der Waals surface area contributed by atoms with E-state index in [1.54, 1.807) is 0 Å². The van der Waals surface area contributed by atoms with Gasteiger partial charge in [-0.1, -0.05) is 60.4 Å². The SMILES string of the molecule is CCCCn1nnnc1NCc1ccc(OCc2ccc(C)cc2)cc1. The molecule has 0 aliphatic rings. The molecule has 1 aromatic heterocycles. The Kier molecular flexibility index (Phi) is 6.19. The van der Waals surface area contributed by atoms with Crippen LogP contribution < -0.4 is 10.1 Å². The van der Waals surface area contributed by atoms with Crippen molar-refractivity contribution < 1.29 is 4.74 Å². The number of nitrogens with one attached hydrogen (secondary N) is 1. The van der Waals surface area contributed by atoms with Gasteiger partial charge in [-0.25, -0.2) is 4.68 Å². The van der Waals surface area contributed by atoms with Crippen molar-refractivity contribution in [1.29, 1.82) is 0 Å².